The molecule has 0 atom stereocenters. The Morgan fingerprint density at radius 1 is 1.36 bits per heavy atom. The number of halogens is 2. The highest BCUT2D eigenvalue weighted by Gasteiger charge is 2.11. The molecule has 0 fully saturated rings. The molecule has 0 spiro atoms. The fraction of sp³-hybridized carbons (Fsp3) is 0.533. The summed E-state index contributed by atoms with van der Waals surface area (Å²) in [5, 5.41) is 2.98. The summed E-state index contributed by atoms with van der Waals surface area (Å²) in [6.45, 7) is 2.18. The van der Waals surface area contributed by atoms with Gasteiger partial charge in [0.2, 0.25) is 0 Å². The van der Waals surface area contributed by atoms with Crippen molar-refractivity contribution in [2.45, 2.75) is 33.4 Å². The van der Waals surface area contributed by atoms with Crippen LogP contribution in [0.25, 0.3) is 0 Å². The number of guanidine groups is 1. The molecule has 0 aliphatic rings. The number of aliphatic imine (C=N–C) groups is 1. The highest BCUT2D eigenvalue weighted by Crippen LogP contribution is 2.26. The number of nitrogens with zero attached hydrogens (tertiary/aromatic N) is 1. The highest BCUT2D eigenvalue weighted by molar-refractivity contribution is 5.77. The van der Waals surface area contributed by atoms with Gasteiger partial charge in [-0.15, -0.1) is 0 Å². The fourth-order valence-electron chi connectivity index (χ4n) is 1.71. The van der Waals surface area contributed by atoms with Gasteiger partial charge in [-0.3, -0.25) is 0 Å². The first kappa shape index (κ1) is 18.0. The van der Waals surface area contributed by atoms with E-state index < -0.39 is 6.61 Å². The summed E-state index contributed by atoms with van der Waals surface area (Å²) in [4.78, 5) is 4.13. The van der Waals surface area contributed by atoms with Crippen LogP contribution in [0.5, 0.6) is 11.5 Å². The molecule has 0 bridgehead atoms. The monoisotopic (exact) mass is 315 g/mol. The van der Waals surface area contributed by atoms with Crippen LogP contribution in [0.15, 0.2) is 23.2 Å². The number of alkyl halides is 2. The maximum Gasteiger partial charge on any atom is 0.387 e. The Hall–Kier alpha value is -2.05. The summed E-state index contributed by atoms with van der Waals surface area (Å²) in [6.07, 6.45) is 0.971. The summed E-state index contributed by atoms with van der Waals surface area (Å²) < 4.78 is 34.4. The minimum Gasteiger partial charge on any atom is -0.497 e. The molecule has 0 aliphatic heterocycles. The molecule has 0 aromatic heterocycles. The van der Waals surface area contributed by atoms with E-state index in [0.717, 1.165) is 13.0 Å². The van der Waals surface area contributed by atoms with E-state index in [1.807, 2.05) is 0 Å². The average Bonchev–Trinajstić information content (AvgIpc) is 2.44. The van der Waals surface area contributed by atoms with Crippen molar-refractivity contribution in [3.05, 3.63) is 23.8 Å². The maximum atomic E-state index is 12.4. The van der Waals surface area contributed by atoms with Gasteiger partial charge in [-0.2, -0.15) is 8.78 Å². The van der Waals surface area contributed by atoms with Crippen LogP contribution in [0.2, 0.25) is 0 Å². The van der Waals surface area contributed by atoms with Crippen molar-refractivity contribution < 1.29 is 18.3 Å². The zero-order valence-corrected chi connectivity index (χ0v) is 13.1. The molecule has 124 valence electrons. The van der Waals surface area contributed by atoms with Crippen molar-refractivity contribution in [2.24, 2.45) is 16.6 Å². The first-order chi connectivity index (χ1) is 10.4. The van der Waals surface area contributed by atoms with Crippen LogP contribution in [0.3, 0.4) is 0 Å². The molecule has 0 heterocycles. The van der Waals surface area contributed by atoms with Crippen LogP contribution in [-0.2, 0) is 6.54 Å². The summed E-state index contributed by atoms with van der Waals surface area (Å²) in [6, 6.07) is 4.69. The van der Waals surface area contributed by atoms with Gasteiger partial charge in [-0.25, -0.2) is 4.99 Å². The zero-order chi connectivity index (χ0) is 16.5. The number of methoxy groups -OCH3 is 1. The second kappa shape index (κ2) is 9.07. The van der Waals surface area contributed by atoms with Gasteiger partial charge in [0.05, 0.1) is 13.7 Å². The van der Waals surface area contributed by atoms with Crippen molar-refractivity contribution in [1.29, 1.82) is 0 Å². The molecule has 1 aromatic rings. The lowest BCUT2D eigenvalue weighted by atomic mass is 10.1. The minimum absolute atomic E-state index is 0.0353. The van der Waals surface area contributed by atoms with Gasteiger partial charge in [-0.05, 0) is 24.5 Å². The number of nitrogens with two attached hydrogens (primary N) is 1. The first-order valence-corrected chi connectivity index (χ1v) is 7.08. The van der Waals surface area contributed by atoms with Gasteiger partial charge in [-0.1, -0.05) is 13.8 Å². The van der Waals surface area contributed by atoms with Crippen LogP contribution in [0, 0.1) is 5.92 Å². The number of hydrogen-bond donors (Lipinski definition) is 2. The Labute approximate surface area is 129 Å². The third kappa shape index (κ3) is 6.60. The lowest BCUT2D eigenvalue weighted by molar-refractivity contribution is -0.0505. The summed E-state index contributed by atoms with van der Waals surface area (Å²) in [5.74, 6) is 1.31. The van der Waals surface area contributed by atoms with E-state index in [0.29, 0.717) is 17.2 Å². The van der Waals surface area contributed by atoms with Gasteiger partial charge in [0.15, 0.2) is 5.96 Å². The van der Waals surface area contributed by atoms with E-state index in [1.54, 1.807) is 12.1 Å². The molecule has 1 rings (SSSR count). The van der Waals surface area contributed by atoms with Gasteiger partial charge < -0.3 is 20.5 Å². The lowest BCUT2D eigenvalue weighted by Gasteiger charge is -2.12. The molecular formula is C15H23F2N3O2. The van der Waals surface area contributed by atoms with Gasteiger partial charge in [0.1, 0.15) is 11.5 Å². The van der Waals surface area contributed by atoms with E-state index in [9.17, 15) is 8.78 Å². The number of hydrogen-bond acceptors (Lipinski definition) is 3. The molecule has 22 heavy (non-hydrogen) atoms. The van der Waals surface area contributed by atoms with Gasteiger partial charge in [0, 0.05) is 18.2 Å². The predicted octanol–water partition coefficient (Wildman–Crippen LogP) is 2.75. The largest absolute Gasteiger partial charge is 0.497 e. The van der Waals surface area contributed by atoms with Crippen LogP contribution in [0.4, 0.5) is 8.78 Å². The molecule has 7 heteroatoms. The van der Waals surface area contributed by atoms with E-state index in [-0.39, 0.29) is 18.3 Å². The van der Waals surface area contributed by atoms with Crippen LogP contribution in [-0.4, -0.2) is 26.2 Å². The Bertz CT molecular complexity index is 494. The van der Waals surface area contributed by atoms with Crippen molar-refractivity contribution in [1.82, 2.24) is 5.32 Å². The van der Waals surface area contributed by atoms with E-state index >= 15 is 0 Å². The molecule has 0 radical (unpaired) electrons. The molecule has 0 amide bonds. The molecule has 0 unspecified atom stereocenters. The molecule has 3 N–H and O–H groups in total. The van der Waals surface area contributed by atoms with E-state index in [2.05, 4.69) is 28.9 Å². The number of rotatable bonds is 8. The zero-order valence-electron chi connectivity index (χ0n) is 13.1. The van der Waals surface area contributed by atoms with Gasteiger partial charge >= 0.3 is 6.61 Å². The molecule has 0 saturated heterocycles. The van der Waals surface area contributed by atoms with Crippen molar-refractivity contribution in [3.8, 4) is 11.5 Å². The Kier molecular flexibility index (Phi) is 7.42. The molecule has 5 nitrogen and oxygen atoms in total. The Morgan fingerprint density at radius 2 is 2.09 bits per heavy atom. The Morgan fingerprint density at radius 3 is 2.68 bits per heavy atom. The third-order valence-electron chi connectivity index (χ3n) is 2.94. The number of nitrogens with one attached hydrogen (secondary N) is 1. The predicted molar refractivity (Wildman–Crippen MR) is 82.4 cm³/mol. The van der Waals surface area contributed by atoms with Crippen LogP contribution in [0.1, 0.15) is 25.8 Å². The SMILES string of the molecule is COc1ccc(CN=C(N)NCCC(C)C)c(OC(F)F)c1. The number of ether oxygens (including phenoxy) is 2. The summed E-state index contributed by atoms with van der Waals surface area (Å²) in [5.41, 5.74) is 6.25. The summed E-state index contributed by atoms with van der Waals surface area (Å²) >= 11 is 0. The Balaban J connectivity index is 2.70. The topological polar surface area (TPSA) is 68.9 Å². The normalized spacial score (nSPS) is 11.9. The first-order valence-electron chi connectivity index (χ1n) is 7.08. The summed E-state index contributed by atoms with van der Waals surface area (Å²) in [7, 11) is 1.45. The van der Waals surface area contributed by atoms with Crippen molar-refractivity contribution >= 4 is 5.96 Å². The fourth-order valence-corrected chi connectivity index (χ4v) is 1.71. The molecule has 0 aliphatic carbocycles. The second-order valence-electron chi connectivity index (χ2n) is 5.16. The maximum absolute atomic E-state index is 12.4. The lowest BCUT2D eigenvalue weighted by Crippen LogP contribution is -2.32. The van der Waals surface area contributed by atoms with Crippen LogP contribution >= 0.6 is 0 Å². The van der Waals surface area contributed by atoms with Crippen molar-refractivity contribution in [3.63, 3.8) is 0 Å². The standard InChI is InChI=1S/C15H23F2N3O2/c1-10(2)6-7-19-15(18)20-9-11-4-5-12(21-3)8-13(11)22-14(16)17/h4-5,8,10,14H,6-7,9H2,1-3H3,(H3,18,19,20). The molecule has 1 aromatic carbocycles. The smallest absolute Gasteiger partial charge is 0.387 e. The van der Waals surface area contributed by atoms with E-state index in [1.165, 1.54) is 13.2 Å². The minimum atomic E-state index is -2.91. The highest BCUT2D eigenvalue weighted by atomic mass is 19.3. The molecular weight excluding hydrogens is 292 g/mol. The quantitative estimate of drug-likeness (QED) is 0.572. The van der Waals surface area contributed by atoms with Crippen molar-refractivity contribution in [2.75, 3.05) is 13.7 Å². The van der Waals surface area contributed by atoms with Gasteiger partial charge in [0.25, 0.3) is 0 Å². The third-order valence-corrected chi connectivity index (χ3v) is 2.94. The second-order valence-corrected chi connectivity index (χ2v) is 5.16. The molecule has 0 saturated carbocycles. The average molecular weight is 315 g/mol. The van der Waals surface area contributed by atoms with Crippen LogP contribution < -0.4 is 20.5 Å². The van der Waals surface area contributed by atoms with E-state index in [4.69, 9.17) is 10.5 Å². The number of benzene rings is 1.